The van der Waals surface area contributed by atoms with Crippen molar-refractivity contribution < 1.29 is 5.11 Å². The van der Waals surface area contributed by atoms with E-state index in [9.17, 15) is 5.11 Å². The quantitative estimate of drug-likeness (QED) is 0.508. The molecule has 0 spiro atoms. The van der Waals surface area contributed by atoms with Crippen molar-refractivity contribution in [1.82, 2.24) is 5.32 Å². The topological polar surface area (TPSA) is 32.3 Å². The Hall–Kier alpha value is -3.62. The Bertz CT molecular complexity index is 1350. The number of nitrogens with one attached hydrogen (secondary N) is 1. The maximum Gasteiger partial charge on any atom is 0.0681 e. The van der Waals surface area contributed by atoms with Crippen LogP contribution in [0.3, 0.4) is 0 Å². The van der Waals surface area contributed by atoms with Crippen molar-refractivity contribution in [3.05, 3.63) is 130 Å². The summed E-state index contributed by atoms with van der Waals surface area (Å²) >= 11 is 0. The molecule has 0 bridgehead atoms. The molecule has 0 aromatic heterocycles. The second-order valence-electron chi connectivity index (χ2n) is 8.95. The number of aryl methyl sites for hydroxylation is 1. The lowest BCUT2D eigenvalue weighted by molar-refractivity contribution is 0.282. The molecule has 162 valence electrons. The van der Waals surface area contributed by atoms with Gasteiger partial charge in [0.25, 0.3) is 0 Å². The van der Waals surface area contributed by atoms with Crippen molar-refractivity contribution in [2.24, 2.45) is 0 Å². The van der Waals surface area contributed by atoms with Crippen LogP contribution >= 0.6 is 0 Å². The third kappa shape index (κ3) is 3.48. The van der Waals surface area contributed by atoms with Crippen molar-refractivity contribution in [3.8, 4) is 11.1 Å². The van der Waals surface area contributed by atoms with Gasteiger partial charge in [-0.15, -0.1) is 0 Å². The zero-order valence-corrected chi connectivity index (χ0v) is 18.6. The maximum atomic E-state index is 9.49. The lowest BCUT2D eigenvalue weighted by atomic mass is 9.74. The molecule has 0 fully saturated rings. The van der Waals surface area contributed by atoms with Crippen LogP contribution in [0.15, 0.2) is 96.9 Å². The molecular formula is C31H27NO. The van der Waals surface area contributed by atoms with Crippen LogP contribution in [-0.4, -0.2) is 5.11 Å². The van der Waals surface area contributed by atoms with Gasteiger partial charge in [0.2, 0.25) is 0 Å². The molecule has 2 aliphatic carbocycles. The first-order valence-electron chi connectivity index (χ1n) is 11.8. The first-order valence-corrected chi connectivity index (χ1v) is 11.8. The number of rotatable bonds is 3. The van der Waals surface area contributed by atoms with E-state index in [-0.39, 0.29) is 6.61 Å². The van der Waals surface area contributed by atoms with Gasteiger partial charge in [0.1, 0.15) is 0 Å². The first kappa shape index (κ1) is 20.0. The number of hydrogen-bond acceptors (Lipinski definition) is 2. The molecule has 3 aromatic carbocycles. The van der Waals surface area contributed by atoms with Gasteiger partial charge in [-0.05, 0) is 87.9 Å². The standard InChI is InChI=1S/C31H27NO/c33-20-21-9-11-23(12-10-21)25-15-16-28-27-14-13-22-6-3-4-7-24(22)26(27)17-18-29(28)31(25)30-8-2-1-5-19-32-30/h1-12,17-19,32-33H,13-16,20H2. The van der Waals surface area contributed by atoms with Crippen LogP contribution in [0.1, 0.15) is 39.8 Å². The summed E-state index contributed by atoms with van der Waals surface area (Å²) in [4.78, 5) is 0. The second kappa shape index (κ2) is 8.38. The lowest BCUT2D eigenvalue weighted by Gasteiger charge is -2.31. The van der Waals surface area contributed by atoms with Gasteiger partial charge in [0.05, 0.1) is 6.61 Å². The molecule has 0 saturated carbocycles. The third-order valence-corrected chi connectivity index (χ3v) is 7.15. The second-order valence-corrected chi connectivity index (χ2v) is 8.95. The molecular weight excluding hydrogens is 402 g/mol. The predicted molar refractivity (Wildman–Crippen MR) is 136 cm³/mol. The van der Waals surface area contributed by atoms with Crippen LogP contribution < -0.4 is 5.32 Å². The van der Waals surface area contributed by atoms with Gasteiger partial charge in [-0.2, -0.15) is 0 Å². The molecule has 0 saturated heterocycles. The number of aliphatic hydroxyl groups is 1. The van der Waals surface area contributed by atoms with E-state index in [1.807, 2.05) is 24.4 Å². The van der Waals surface area contributed by atoms with Crippen LogP contribution in [0.25, 0.3) is 22.3 Å². The summed E-state index contributed by atoms with van der Waals surface area (Å²) in [7, 11) is 0. The molecule has 3 aliphatic rings. The molecule has 33 heavy (non-hydrogen) atoms. The number of aliphatic hydroxyl groups excluding tert-OH is 1. The van der Waals surface area contributed by atoms with Crippen molar-refractivity contribution in [2.75, 3.05) is 0 Å². The number of allylic oxidation sites excluding steroid dienone is 6. The summed E-state index contributed by atoms with van der Waals surface area (Å²) in [5.41, 5.74) is 14.6. The Morgan fingerprint density at radius 1 is 0.697 bits per heavy atom. The Kier molecular flexibility index (Phi) is 5.09. The minimum absolute atomic E-state index is 0.0743. The summed E-state index contributed by atoms with van der Waals surface area (Å²) < 4.78 is 0. The van der Waals surface area contributed by atoms with Gasteiger partial charge in [0.15, 0.2) is 0 Å². The fourth-order valence-electron chi connectivity index (χ4n) is 5.57. The molecule has 0 unspecified atom stereocenters. The highest BCUT2D eigenvalue weighted by Crippen LogP contribution is 2.45. The minimum Gasteiger partial charge on any atom is -0.392 e. The summed E-state index contributed by atoms with van der Waals surface area (Å²) in [5, 5.41) is 13.0. The van der Waals surface area contributed by atoms with Gasteiger partial charge < -0.3 is 10.4 Å². The Balaban J connectivity index is 1.56. The van der Waals surface area contributed by atoms with Crippen molar-refractivity contribution in [2.45, 2.75) is 32.3 Å². The summed E-state index contributed by atoms with van der Waals surface area (Å²) in [6, 6.07) is 21.9. The Labute approximate surface area is 195 Å². The number of fused-ring (bicyclic) bond motifs is 5. The Morgan fingerprint density at radius 2 is 1.48 bits per heavy atom. The molecule has 1 heterocycles. The molecule has 2 nitrogen and oxygen atoms in total. The summed E-state index contributed by atoms with van der Waals surface area (Å²) in [5.74, 6) is 0. The van der Waals surface area contributed by atoms with E-state index in [2.05, 4.69) is 72.1 Å². The zero-order valence-electron chi connectivity index (χ0n) is 18.6. The third-order valence-electron chi connectivity index (χ3n) is 7.15. The van der Waals surface area contributed by atoms with Gasteiger partial charge in [-0.25, -0.2) is 0 Å². The van der Waals surface area contributed by atoms with E-state index in [0.717, 1.165) is 36.9 Å². The minimum atomic E-state index is 0.0743. The molecule has 1 aliphatic heterocycles. The zero-order chi connectivity index (χ0) is 22.2. The fourth-order valence-corrected chi connectivity index (χ4v) is 5.57. The van der Waals surface area contributed by atoms with Crippen LogP contribution in [0, 0.1) is 0 Å². The molecule has 2 heteroatoms. The molecule has 6 rings (SSSR count). The maximum absolute atomic E-state index is 9.49. The Morgan fingerprint density at radius 3 is 2.36 bits per heavy atom. The van der Waals surface area contributed by atoms with Gasteiger partial charge >= 0.3 is 0 Å². The highest BCUT2D eigenvalue weighted by molar-refractivity contribution is 6.01. The molecule has 0 atom stereocenters. The van der Waals surface area contributed by atoms with Crippen LogP contribution in [0.4, 0.5) is 0 Å². The van der Waals surface area contributed by atoms with Crippen LogP contribution in [0.5, 0.6) is 0 Å². The molecule has 2 N–H and O–H groups in total. The van der Waals surface area contributed by atoms with E-state index in [1.54, 1.807) is 0 Å². The van der Waals surface area contributed by atoms with E-state index in [0.29, 0.717) is 0 Å². The highest BCUT2D eigenvalue weighted by Gasteiger charge is 2.28. The predicted octanol–water partition coefficient (Wildman–Crippen LogP) is 6.36. The fraction of sp³-hybridized carbons (Fsp3) is 0.161. The van der Waals surface area contributed by atoms with E-state index in [4.69, 9.17) is 0 Å². The van der Waals surface area contributed by atoms with Crippen molar-refractivity contribution >= 4 is 11.1 Å². The number of benzene rings is 3. The van der Waals surface area contributed by atoms with Gasteiger partial charge in [-0.3, -0.25) is 0 Å². The highest BCUT2D eigenvalue weighted by atomic mass is 16.3. The van der Waals surface area contributed by atoms with E-state index < -0.39 is 0 Å². The van der Waals surface area contributed by atoms with E-state index >= 15 is 0 Å². The molecule has 3 aromatic rings. The van der Waals surface area contributed by atoms with Gasteiger partial charge in [0, 0.05) is 17.5 Å². The smallest absolute Gasteiger partial charge is 0.0681 e. The monoisotopic (exact) mass is 429 g/mol. The normalized spacial score (nSPS) is 16.3. The molecule has 0 amide bonds. The summed E-state index contributed by atoms with van der Waals surface area (Å²) in [6.07, 6.45) is 14.7. The molecule has 0 radical (unpaired) electrons. The van der Waals surface area contributed by atoms with Crippen molar-refractivity contribution in [1.29, 1.82) is 0 Å². The van der Waals surface area contributed by atoms with Crippen LogP contribution in [0.2, 0.25) is 0 Å². The SMILES string of the molecule is OCc1ccc(C2=C(C3=CC=CC=CN3)c3ccc4c(c3CC2)CCc2ccccc2-4)cc1. The summed E-state index contributed by atoms with van der Waals surface area (Å²) in [6.45, 7) is 0.0743. The lowest BCUT2D eigenvalue weighted by Crippen LogP contribution is -2.17. The average molecular weight is 430 g/mol. The van der Waals surface area contributed by atoms with Gasteiger partial charge in [-0.1, -0.05) is 72.8 Å². The van der Waals surface area contributed by atoms with Crippen molar-refractivity contribution in [3.63, 3.8) is 0 Å². The first-order chi connectivity index (χ1) is 16.3. The van der Waals surface area contributed by atoms with E-state index in [1.165, 1.54) is 50.1 Å². The van der Waals surface area contributed by atoms with Crippen LogP contribution in [-0.2, 0) is 25.9 Å². The average Bonchev–Trinajstić information content (AvgIpc) is 3.17. The number of hydrogen-bond donors (Lipinski definition) is 2. The largest absolute Gasteiger partial charge is 0.392 e.